The van der Waals surface area contributed by atoms with Crippen LogP contribution in [0, 0.1) is 25.6 Å². The van der Waals surface area contributed by atoms with Gasteiger partial charge in [0, 0.05) is 25.5 Å². The summed E-state index contributed by atoms with van der Waals surface area (Å²) in [4.78, 5) is 27.3. The fourth-order valence-electron chi connectivity index (χ4n) is 4.24. The quantitative estimate of drug-likeness (QED) is 0.833. The van der Waals surface area contributed by atoms with Crippen molar-refractivity contribution in [1.82, 2.24) is 19.9 Å². The van der Waals surface area contributed by atoms with Gasteiger partial charge in [-0.1, -0.05) is 0 Å². The molecule has 2 aromatic rings. The number of amides is 1. The molecule has 2 saturated heterocycles. The number of rotatable bonds is 5. The van der Waals surface area contributed by atoms with E-state index in [9.17, 15) is 9.18 Å². The van der Waals surface area contributed by atoms with Crippen LogP contribution in [0.15, 0.2) is 24.5 Å². The number of nitrogens with zero attached hydrogens (tertiary/aromatic N) is 4. The summed E-state index contributed by atoms with van der Waals surface area (Å²) >= 11 is 0. The molecule has 2 aromatic heterocycles. The number of carbonyl (C=O) groups excluding carboxylic acids is 1. The van der Waals surface area contributed by atoms with E-state index in [-0.39, 0.29) is 29.8 Å². The number of hydrogen-bond acceptors (Lipinski definition) is 6. The number of anilines is 1. The standard InChI is InChI=1S/C21H26FN5O2/c1-13-19(22)20(26-14(2)25-13)24-11-17-10-16(12-29-17)21(28)27-9-3-4-18(27)15-5-7-23-8-6-15/h5-8,16-18H,3-4,9-12H2,1-2H3,(H,24,25,26)/t16-,17-,18?/m0/s1. The van der Waals surface area contributed by atoms with Crippen LogP contribution in [0.2, 0.25) is 0 Å². The molecule has 1 amide bonds. The van der Waals surface area contributed by atoms with Gasteiger partial charge in [-0.05, 0) is 50.8 Å². The second-order valence-corrected chi connectivity index (χ2v) is 7.76. The topological polar surface area (TPSA) is 80.2 Å². The summed E-state index contributed by atoms with van der Waals surface area (Å²) in [7, 11) is 0. The predicted octanol–water partition coefficient (Wildman–Crippen LogP) is 2.81. The first-order chi connectivity index (χ1) is 14.0. The number of hydrogen-bond donors (Lipinski definition) is 1. The lowest BCUT2D eigenvalue weighted by Crippen LogP contribution is -2.36. The summed E-state index contributed by atoms with van der Waals surface area (Å²) in [6, 6.07) is 4.08. The molecule has 2 fully saturated rings. The molecule has 4 rings (SSSR count). The molecule has 1 N–H and O–H groups in total. The minimum Gasteiger partial charge on any atom is -0.376 e. The molecule has 2 aliphatic rings. The van der Waals surface area contributed by atoms with Crippen LogP contribution in [-0.4, -0.2) is 51.6 Å². The van der Waals surface area contributed by atoms with Crippen LogP contribution in [0.4, 0.5) is 10.2 Å². The lowest BCUT2D eigenvalue weighted by molar-refractivity contribution is -0.136. The lowest BCUT2D eigenvalue weighted by atomic mass is 10.0. The third-order valence-electron chi connectivity index (χ3n) is 5.68. The predicted molar refractivity (Wildman–Crippen MR) is 106 cm³/mol. The van der Waals surface area contributed by atoms with Crippen molar-refractivity contribution in [3.05, 3.63) is 47.4 Å². The van der Waals surface area contributed by atoms with Crippen LogP contribution in [-0.2, 0) is 9.53 Å². The second kappa shape index (κ2) is 8.41. The first-order valence-corrected chi connectivity index (χ1v) is 10.1. The summed E-state index contributed by atoms with van der Waals surface area (Å²) in [6.07, 6.45) is 5.98. The molecular weight excluding hydrogens is 373 g/mol. The molecular formula is C21H26FN5O2. The number of ether oxygens (including phenoxy) is 1. The van der Waals surface area contributed by atoms with E-state index in [0.29, 0.717) is 31.1 Å². The van der Waals surface area contributed by atoms with E-state index in [0.717, 1.165) is 24.9 Å². The first kappa shape index (κ1) is 19.7. The van der Waals surface area contributed by atoms with Crippen LogP contribution in [0.25, 0.3) is 0 Å². The monoisotopic (exact) mass is 399 g/mol. The minimum absolute atomic E-state index is 0.115. The summed E-state index contributed by atoms with van der Waals surface area (Å²) in [5, 5.41) is 3.02. The van der Waals surface area contributed by atoms with E-state index in [4.69, 9.17) is 4.74 Å². The Morgan fingerprint density at radius 3 is 2.90 bits per heavy atom. The van der Waals surface area contributed by atoms with Crippen LogP contribution in [0.5, 0.6) is 0 Å². The zero-order valence-corrected chi connectivity index (χ0v) is 16.8. The molecule has 2 aliphatic heterocycles. The number of nitrogens with one attached hydrogen (secondary N) is 1. The fourth-order valence-corrected chi connectivity index (χ4v) is 4.24. The highest BCUT2D eigenvalue weighted by atomic mass is 19.1. The molecule has 7 nitrogen and oxygen atoms in total. The second-order valence-electron chi connectivity index (χ2n) is 7.76. The van der Waals surface area contributed by atoms with Gasteiger partial charge in [0.05, 0.1) is 30.4 Å². The summed E-state index contributed by atoms with van der Waals surface area (Å²) in [5.41, 5.74) is 1.45. The van der Waals surface area contributed by atoms with Gasteiger partial charge < -0.3 is 15.0 Å². The highest BCUT2D eigenvalue weighted by Crippen LogP contribution is 2.34. The molecule has 154 valence electrons. The average Bonchev–Trinajstić information content (AvgIpc) is 3.39. The van der Waals surface area contributed by atoms with Crippen molar-refractivity contribution >= 4 is 11.7 Å². The molecule has 0 saturated carbocycles. The van der Waals surface area contributed by atoms with E-state index in [2.05, 4.69) is 20.3 Å². The van der Waals surface area contributed by atoms with Crippen molar-refractivity contribution in [2.24, 2.45) is 5.92 Å². The third-order valence-corrected chi connectivity index (χ3v) is 5.68. The maximum Gasteiger partial charge on any atom is 0.228 e. The van der Waals surface area contributed by atoms with Crippen LogP contribution in [0.1, 0.15) is 42.4 Å². The molecule has 0 bridgehead atoms. The van der Waals surface area contributed by atoms with Gasteiger partial charge in [-0.2, -0.15) is 0 Å². The fraction of sp³-hybridized carbons (Fsp3) is 0.524. The zero-order chi connectivity index (χ0) is 20.4. The first-order valence-electron chi connectivity index (χ1n) is 10.1. The van der Waals surface area contributed by atoms with E-state index in [1.54, 1.807) is 26.2 Å². The van der Waals surface area contributed by atoms with Gasteiger partial charge in [0.25, 0.3) is 0 Å². The summed E-state index contributed by atoms with van der Waals surface area (Å²) < 4.78 is 20.0. The van der Waals surface area contributed by atoms with E-state index >= 15 is 0 Å². The van der Waals surface area contributed by atoms with Crippen molar-refractivity contribution < 1.29 is 13.9 Å². The maximum atomic E-state index is 14.2. The molecule has 3 atom stereocenters. The molecule has 8 heteroatoms. The Labute approximate surface area is 169 Å². The van der Waals surface area contributed by atoms with Crippen LogP contribution in [0.3, 0.4) is 0 Å². The molecule has 1 unspecified atom stereocenters. The zero-order valence-electron chi connectivity index (χ0n) is 16.8. The highest BCUT2D eigenvalue weighted by molar-refractivity contribution is 5.80. The number of carbonyl (C=O) groups is 1. The number of aryl methyl sites for hydroxylation is 2. The third kappa shape index (κ3) is 4.22. The van der Waals surface area contributed by atoms with Crippen LogP contribution < -0.4 is 5.32 Å². The SMILES string of the molecule is Cc1nc(C)c(F)c(NC[C@@H]2C[C@H](C(=O)N3CCCC3c3ccncc3)CO2)n1. The minimum atomic E-state index is -0.446. The van der Waals surface area contributed by atoms with Crippen LogP contribution >= 0.6 is 0 Å². The normalized spacial score (nSPS) is 24.1. The molecule has 0 aliphatic carbocycles. The summed E-state index contributed by atoms with van der Waals surface area (Å²) in [6.45, 7) is 4.92. The molecule has 0 aromatic carbocycles. The Morgan fingerprint density at radius 2 is 2.10 bits per heavy atom. The summed E-state index contributed by atoms with van der Waals surface area (Å²) in [5.74, 6) is 0.238. The number of likely N-dealkylation sites (tertiary alicyclic amines) is 1. The van der Waals surface area contributed by atoms with Gasteiger partial charge in [-0.15, -0.1) is 0 Å². The van der Waals surface area contributed by atoms with Gasteiger partial charge in [-0.25, -0.2) is 14.4 Å². The van der Waals surface area contributed by atoms with E-state index < -0.39 is 5.82 Å². The van der Waals surface area contributed by atoms with Crippen molar-refractivity contribution in [2.45, 2.75) is 45.3 Å². The number of halogens is 1. The van der Waals surface area contributed by atoms with E-state index in [1.807, 2.05) is 17.0 Å². The largest absolute Gasteiger partial charge is 0.376 e. The molecule has 4 heterocycles. The highest BCUT2D eigenvalue weighted by Gasteiger charge is 2.38. The van der Waals surface area contributed by atoms with Gasteiger partial charge in [0.15, 0.2) is 11.6 Å². The Morgan fingerprint density at radius 1 is 1.31 bits per heavy atom. The smallest absolute Gasteiger partial charge is 0.228 e. The Hall–Kier alpha value is -2.61. The molecule has 29 heavy (non-hydrogen) atoms. The van der Waals surface area contributed by atoms with Gasteiger partial charge in [0.2, 0.25) is 5.91 Å². The molecule has 0 radical (unpaired) electrons. The lowest BCUT2D eigenvalue weighted by Gasteiger charge is -2.27. The Balaban J connectivity index is 1.35. The van der Waals surface area contributed by atoms with E-state index in [1.165, 1.54) is 0 Å². The number of pyridine rings is 1. The number of aromatic nitrogens is 3. The van der Waals surface area contributed by atoms with Gasteiger partial charge >= 0.3 is 0 Å². The average molecular weight is 399 g/mol. The Bertz CT molecular complexity index is 879. The van der Waals surface area contributed by atoms with Gasteiger partial charge in [-0.3, -0.25) is 9.78 Å². The molecule has 0 spiro atoms. The van der Waals surface area contributed by atoms with Crippen molar-refractivity contribution in [2.75, 3.05) is 25.0 Å². The maximum absolute atomic E-state index is 14.2. The van der Waals surface area contributed by atoms with Crippen molar-refractivity contribution in [1.29, 1.82) is 0 Å². The van der Waals surface area contributed by atoms with Gasteiger partial charge in [0.1, 0.15) is 5.82 Å². The van der Waals surface area contributed by atoms with Crippen molar-refractivity contribution in [3.63, 3.8) is 0 Å². The van der Waals surface area contributed by atoms with Crippen molar-refractivity contribution in [3.8, 4) is 0 Å². The Kier molecular flexibility index (Phi) is 5.71.